The van der Waals surface area contributed by atoms with E-state index in [0.29, 0.717) is 29.8 Å². The summed E-state index contributed by atoms with van der Waals surface area (Å²) in [7, 11) is 0. The van der Waals surface area contributed by atoms with Gasteiger partial charge in [0.1, 0.15) is 0 Å². The summed E-state index contributed by atoms with van der Waals surface area (Å²) in [5.74, 6) is 0.256. The first-order valence-corrected chi connectivity index (χ1v) is 8.34. The third-order valence-electron chi connectivity index (χ3n) is 4.57. The zero-order valence-electron chi connectivity index (χ0n) is 13.6. The monoisotopic (exact) mass is 352 g/mol. The number of carbonyl (C=O) groups excluding carboxylic acids is 2. The Morgan fingerprint density at radius 1 is 1.12 bits per heavy atom. The van der Waals surface area contributed by atoms with Gasteiger partial charge in [-0.15, -0.1) is 12.4 Å². The number of benzene rings is 1. The maximum Gasteiger partial charge on any atom is 0.319 e. The summed E-state index contributed by atoms with van der Waals surface area (Å²) in [5, 5.41) is 8.70. The van der Waals surface area contributed by atoms with Crippen LogP contribution in [-0.2, 0) is 0 Å². The number of amides is 3. The average molecular weight is 353 g/mol. The van der Waals surface area contributed by atoms with Crippen LogP contribution in [0.5, 0.6) is 0 Å². The van der Waals surface area contributed by atoms with Crippen molar-refractivity contribution >= 4 is 30.0 Å². The minimum absolute atomic E-state index is 0. The van der Waals surface area contributed by atoms with Gasteiger partial charge in [-0.05, 0) is 56.3 Å². The number of nitrogens with two attached hydrogens (primary N) is 1. The maximum atomic E-state index is 12.4. The van der Waals surface area contributed by atoms with Crippen molar-refractivity contribution < 1.29 is 9.59 Å². The van der Waals surface area contributed by atoms with Crippen LogP contribution in [0.4, 0.5) is 10.5 Å². The molecule has 0 saturated heterocycles. The Balaban J connectivity index is 0.00000208. The van der Waals surface area contributed by atoms with E-state index in [0.717, 1.165) is 32.1 Å². The van der Waals surface area contributed by atoms with Crippen molar-refractivity contribution in [2.45, 2.75) is 44.2 Å². The molecule has 0 aliphatic heterocycles. The second kappa shape index (κ2) is 8.35. The normalized spacial score (nSPS) is 22.4. The molecule has 0 heterocycles. The Bertz CT molecular complexity index is 592. The van der Waals surface area contributed by atoms with Gasteiger partial charge in [0.25, 0.3) is 5.91 Å². The van der Waals surface area contributed by atoms with E-state index in [1.807, 2.05) is 0 Å². The molecule has 0 bridgehead atoms. The second-order valence-electron chi connectivity index (χ2n) is 6.46. The van der Waals surface area contributed by atoms with Gasteiger partial charge in [0, 0.05) is 23.3 Å². The van der Waals surface area contributed by atoms with Crippen LogP contribution in [0.15, 0.2) is 24.3 Å². The highest BCUT2D eigenvalue weighted by molar-refractivity contribution is 5.97. The fourth-order valence-corrected chi connectivity index (χ4v) is 3.08. The molecule has 5 N–H and O–H groups in total. The summed E-state index contributed by atoms with van der Waals surface area (Å²) in [5.41, 5.74) is 6.93. The standard InChI is InChI=1S/C17H24N4O2.ClH/c18-10-12-4-2-6-15(12)21-16(22)11-3-1-5-14(9-11)20-17(23)19-13-7-8-13;/h1,3,5,9,12-13,15H,2,4,6-8,10,18H2,(H,21,22)(H2,19,20,23);1H. The number of anilines is 1. The first kappa shape index (κ1) is 18.5. The van der Waals surface area contributed by atoms with E-state index in [9.17, 15) is 9.59 Å². The quantitative estimate of drug-likeness (QED) is 0.654. The SMILES string of the molecule is Cl.NCC1CCCC1NC(=O)c1cccc(NC(=O)NC2CC2)c1. The molecule has 2 fully saturated rings. The predicted octanol–water partition coefficient (Wildman–Crippen LogP) is 2.25. The van der Waals surface area contributed by atoms with Crippen LogP contribution in [0.1, 0.15) is 42.5 Å². The van der Waals surface area contributed by atoms with Gasteiger partial charge in [0.15, 0.2) is 0 Å². The summed E-state index contributed by atoms with van der Waals surface area (Å²) >= 11 is 0. The largest absolute Gasteiger partial charge is 0.349 e. The number of urea groups is 1. The fourth-order valence-electron chi connectivity index (χ4n) is 3.08. The predicted molar refractivity (Wildman–Crippen MR) is 96.5 cm³/mol. The van der Waals surface area contributed by atoms with Crippen molar-refractivity contribution in [3.63, 3.8) is 0 Å². The molecule has 2 atom stereocenters. The molecule has 24 heavy (non-hydrogen) atoms. The van der Waals surface area contributed by atoms with Gasteiger partial charge in [0.05, 0.1) is 0 Å². The van der Waals surface area contributed by atoms with Crippen molar-refractivity contribution in [1.29, 1.82) is 0 Å². The lowest BCUT2D eigenvalue weighted by atomic mass is 10.0. The van der Waals surface area contributed by atoms with Crippen LogP contribution in [0.2, 0.25) is 0 Å². The second-order valence-corrected chi connectivity index (χ2v) is 6.46. The molecule has 7 heteroatoms. The third kappa shape index (κ3) is 4.85. The molecule has 2 saturated carbocycles. The van der Waals surface area contributed by atoms with Crippen LogP contribution in [0.25, 0.3) is 0 Å². The summed E-state index contributed by atoms with van der Waals surface area (Å²) in [6.07, 6.45) is 5.24. The Morgan fingerprint density at radius 3 is 2.62 bits per heavy atom. The van der Waals surface area contributed by atoms with E-state index in [4.69, 9.17) is 5.73 Å². The van der Waals surface area contributed by atoms with Gasteiger partial charge in [-0.2, -0.15) is 0 Å². The van der Waals surface area contributed by atoms with Crippen LogP contribution >= 0.6 is 12.4 Å². The van der Waals surface area contributed by atoms with Crippen molar-refractivity contribution in [3.8, 4) is 0 Å². The van der Waals surface area contributed by atoms with Crippen LogP contribution in [0.3, 0.4) is 0 Å². The van der Waals surface area contributed by atoms with Crippen LogP contribution in [0, 0.1) is 5.92 Å². The molecule has 132 valence electrons. The summed E-state index contributed by atoms with van der Waals surface area (Å²) in [6.45, 7) is 0.605. The van der Waals surface area contributed by atoms with E-state index in [2.05, 4.69) is 16.0 Å². The Kier molecular flexibility index (Phi) is 6.45. The first-order chi connectivity index (χ1) is 11.2. The highest BCUT2D eigenvalue weighted by atomic mass is 35.5. The number of rotatable bonds is 5. The Hall–Kier alpha value is -1.79. The number of halogens is 1. The fraction of sp³-hybridized carbons (Fsp3) is 0.529. The number of hydrogen-bond acceptors (Lipinski definition) is 3. The van der Waals surface area contributed by atoms with E-state index in [1.165, 1.54) is 0 Å². The molecule has 1 aromatic carbocycles. The van der Waals surface area contributed by atoms with E-state index >= 15 is 0 Å². The topological polar surface area (TPSA) is 96.2 Å². The van der Waals surface area contributed by atoms with Crippen molar-refractivity contribution in [2.24, 2.45) is 11.7 Å². The number of nitrogens with one attached hydrogen (secondary N) is 3. The molecule has 0 aromatic heterocycles. The lowest BCUT2D eigenvalue weighted by molar-refractivity contribution is 0.0928. The highest BCUT2D eigenvalue weighted by Gasteiger charge is 2.27. The molecule has 2 aliphatic rings. The van der Waals surface area contributed by atoms with Gasteiger partial charge in [0.2, 0.25) is 0 Å². The molecule has 3 amide bonds. The van der Waals surface area contributed by atoms with Crippen molar-refractivity contribution in [3.05, 3.63) is 29.8 Å². The number of carbonyl (C=O) groups is 2. The molecular formula is C17H25ClN4O2. The third-order valence-corrected chi connectivity index (χ3v) is 4.57. The molecule has 3 rings (SSSR count). The smallest absolute Gasteiger partial charge is 0.319 e. The van der Waals surface area contributed by atoms with Crippen molar-refractivity contribution in [2.75, 3.05) is 11.9 Å². The summed E-state index contributed by atoms with van der Waals surface area (Å²) < 4.78 is 0. The zero-order chi connectivity index (χ0) is 16.2. The average Bonchev–Trinajstić information content (AvgIpc) is 3.23. The zero-order valence-corrected chi connectivity index (χ0v) is 14.4. The van der Waals surface area contributed by atoms with Gasteiger partial charge in [-0.3, -0.25) is 4.79 Å². The van der Waals surface area contributed by atoms with Crippen LogP contribution in [-0.4, -0.2) is 30.6 Å². The summed E-state index contributed by atoms with van der Waals surface area (Å²) in [6, 6.07) is 7.25. The minimum Gasteiger partial charge on any atom is -0.349 e. The molecule has 0 spiro atoms. The van der Waals surface area contributed by atoms with Gasteiger partial charge >= 0.3 is 6.03 Å². The van der Waals surface area contributed by atoms with Crippen LogP contribution < -0.4 is 21.7 Å². The minimum atomic E-state index is -0.218. The molecule has 1 aromatic rings. The number of hydrogen-bond donors (Lipinski definition) is 4. The van der Waals surface area contributed by atoms with E-state index in [1.54, 1.807) is 24.3 Å². The Morgan fingerprint density at radius 2 is 1.92 bits per heavy atom. The van der Waals surface area contributed by atoms with Gasteiger partial charge in [-0.1, -0.05) is 12.5 Å². The van der Waals surface area contributed by atoms with Crippen molar-refractivity contribution in [1.82, 2.24) is 10.6 Å². The molecule has 0 radical (unpaired) electrons. The highest BCUT2D eigenvalue weighted by Crippen LogP contribution is 2.25. The lowest BCUT2D eigenvalue weighted by Gasteiger charge is -2.19. The molecular weight excluding hydrogens is 328 g/mol. The Labute approximate surface area is 148 Å². The maximum absolute atomic E-state index is 12.4. The summed E-state index contributed by atoms with van der Waals surface area (Å²) in [4.78, 5) is 24.2. The first-order valence-electron chi connectivity index (χ1n) is 8.34. The van der Waals surface area contributed by atoms with E-state index in [-0.39, 0.29) is 30.4 Å². The molecule has 6 nitrogen and oxygen atoms in total. The lowest BCUT2D eigenvalue weighted by Crippen LogP contribution is -2.39. The van der Waals surface area contributed by atoms with E-state index < -0.39 is 0 Å². The molecule has 2 unspecified atom stereocenters. The molecule has 2 aliphatic carbocycles. The van der Waals surface area contributed by atoms with Gasteiger partial charge in [-0.25, -0.2) is 4.79 Å². The van der Waals surface area contributed by atoms with Gasteiger partial charge < -0.3 is 21.7 Å².